The van der Waals surface area contributed by atoms with Gasteiger partial charge in [0.25, 0.3) is 5.56 Å². The lowest BCUT2D eigenvalue weighted by Crippen LogP contribution is -2.25. The summed E-state index contributed by atoms with van der Waals surface area (Å²) in [6.07, 6.45) is 0.764. The minimum absolute atomic E-state index is 0.0798. The van der Waals surface area contributed by atoms with E-state index in [1.807, 2.05) is 62.7 Å². The van der Waals surface area contributed by atoms with E-state index in [1.54, 1.807) is 22.8 Å². The number of para-hydroxylation sites is 1. The van der Waals surface area contributed by atoms with Crippen LogP contribution in [0.4, 0.5) is 5.69 Å². The summed E-state index contributed by atoms with van der Waals surface area (Å²) in [4.78, 5) is 30.9. The van der Waals surface area contributed by atoms with E-state index in [-0.39, 0.29) is 23.3 Å². The number of thioether (sulfide) groups is 1. The second-order valence-electron chi connectivity index (χ2n) is 8.92. The lowest BCUT2D eigenvalue weighted by atomic mass is 10.2. The molecule has 0 unspecified atom stereocenters. The quantitative estimate of drug-likeness (QED) is 0.165. The maximum absolute atomic E-state index is 13.3. The molecule has 0 aliphatic rings. The molecule has 0 atom stereocenters. The van der Waals surface area contributed by atoms with Crippen LogP contribution in [0.2, 0.25) is 5.02 Å². The Hall–Kier alpha value is -3.14. The van der Waals surface area contributed by atoms with Gasteiger partial charge in [-0.25, -0.2) is 9.67 Å². The maximum Gasteiger partial charge on any atom is 0.262 e. The monoisotopic (exact) mass is 539 g/mol. The molecule has 0 saturated carbocycles. The summed E-state index contributed by atoms with van der Waals surface area (Å²) in [6, 6.07) is 14.8. The van der Waals surface area contributed by atoms with E-state index in [1.165, 1.54) is 11.8 Å². The van der Waals surface area contributed by atoms with E-state index in [9.17, 15) is 9.59 Å². The van der Waals surface area contributed by atoms with Gasteiger partial charge in [0, 0.05) is 18.2 Å². The summed E-state index contributed by atoms with van der Waals surface area (Å²) in [5.41, 5.74) is 3.50. The van der Waals surface area contributed by atoms with Gasteiger partial charge in [-0.2, -0.15) is 5.10 Å². The van der Waals surface area contributed by atoms with Crippen LogP contribution in [0, 0.1) is 13.8 Å². The summed E-state index contributed by atoms with van der Waals surface area (Å²) in [6.45, 7) is 8.68. The number of anilines is 1. The van der Waals surface area contributed by atoms with Gasteiger partial charge in [-0.3, -0.25) is 14.2 Å². The second-order valence-corrected chi connectivity index (χ2v) is 10.3. The van der Waals surface area contributed by atoms with Gasteiger partial charge < -0.3 is 10.1 Å². The molecule has 2 aromatic carbocycles. The number of aryl methyl sites for hydroxylation is 1. The summed E-state index contributed by atoms with van der Waals surface area (Å²) in [7, 11) is 0. The van der Waals surface area contributed by atoms with Crippen LogP contribution in [0.3, 0.4) is 0 Å². The zero-order valence-electron chi connectivity index (χ0n) is 21.3. The van der Waals surface area contributed by atoms with Crippen molar-refractivity contribution in [3.63, 3.8) is 0 Å². The molecular formula is C27H30ClN5O3S. The highest BCUT2D eigenvalue weighted by atomic mass is 35.5. The molecule has 8 nitrogen and oxygen atoms in total. The maximum atomic E-state index is 13.3. The first-order valence-electron chi connectivity index (χ1n) is 12.1. The molecule has 0 aliphatic heterocycles. The van der Waals surface area contributed by atoms with Crippen molar-refractivity contribution in [3.8, 4) is 5.69 Å². The van der Waals surface area contributed by atoms with Crippen molar-refractivity contribution in [2.24, 2.45) is 0 Å². The summed E-state index contributed by atoms with van der Waals surface area (Å²) in [5, 5.41) is 9.02. The van der Waals surface area contributed by atoms with Crippen LogP contribution < -0.4 is 10.9 Å². The van der Waals surface area contributed by atoms with Crippen molar-refractivity contribution < 1.29 is 9.53 Å². The van der Waals surface area contributed by atoms with Gasteiger partial charge in [-0.1, -0.05) is 41.6 Å². The first-order chi connectivity index (χ1) is 17.7. The molecule has 37 heavy (non-hydrogen) atoms. The number of aromatic nitrogens is 4. The van der Waals surface area contributed by atoms with Crippen molar-refractivity contribution >= 4 is 45.9 Å². The molecule has 2 aromatic heterocycles. The van der Waals surface area contributed by atoms with Gasteiger partial charge >= 0.3 is 0 Å². The highest BCUT2D eigenvalue weighted by Gasteiger charge is 2.17. The van der Waals surface area contributed by atoms with Gasteiger partial charge in [0.15, 0.2) is 5.16 Å². The Morgan fingerprint density at radius 3 is 2.65 bits per heavy atom. The van der Waals surface area contributed by atoms with Crippen molar-refractivity contribution in [3.05, 3.63) is 75.3 Å². The van der Waals surface area contributed by atoms with Crippen LogP contribution in [-0.4, -0.2) is 43.7 Å². The molecule has 0 bridgehead atoms. The minimum Gasteiger partial charge on any atom is -0.379 e. The van der Waals surface area contributed by atoms with E-state index in [4.69, 9.17) is 16.3 Å². The molecular weight excluding hydrogens is 510 g/mol. The van der Waals surface area contributed by atoms with Crippen molar-refractivity contribution in [2.45, 2.75) is 51.9 Å². The fourth-order valence-electron chi connectivity index (χ4n) is 3.97. The summed E-state index contributed by atoms with van der Waals surface area (Å²) < 4.78 is 9.06. The van der Waals surface area contributed by atoms with E-state index >= 15 is 0 Å². The molecule has 4 rings (SSSR count). The van der Waals surface area contributed by atoms with Gasteiger partial charge in [-0.15, -0.1) is 0 Å². The number of rotatable bonds is 10. The molecule has 10 heteroatoms. The Labute approximate surface area is 225 Å². The number of fused-ring (bicyclic) bond motifs is 1. The molecule has 0 spiro atoms. The van der Waals surface area contributed by atoms with Gasteiger partial charge in [0.1, 0.15) is 0 Å². The number of nitrogens with one attached hydrogen (secondary N) is 1. The number of hydrogen-bond acceptors (Lipinski definition) is 6. The zero-order chi connectivity index (χ0) is 26.5. The molecule has 2 heterocycles. The average molecular weight is 540 g/mol. The standard InChI is InChI=1S/C27H30ClN5O3S/c1-17(2)36-14-8-13-32-26(35)22-12-11-20(28)15-23(22)29-27(32)37-16-24(34)30-25-18(3)31-33(19(25)4)21-9-6-5-7-10-21/h5-7,9-12,15,17H,8,13-14,16H2,1-4H3,(H,30,34). The van der Waals surface area contributed by atoms with Crippen LogP contribution in [0.25, 0.3) is 16.6 Å². The van der Waals surface area contributed by atoms with Crippen LogP contribution in [0.1, 0.15) is 31.7 Å². The lowest BCUT2D eigenvalue weighted by molar-refractivity contribution is -0.113. The topological polar surface area (TPSA) is 91.0 Å². The fraction of sp³-hybridized carbons (Fsp3) is 0.333. The van der Waals surface area contributed by atoms with Crippen LogP contribution in [0.5, 0.6) is 0 Å². The van der Waals surface area contributed by atoms with E-state index < -0.39 is 0 Å². The number of hydrogen-bond donors (Lipinski definition) is 1. The normalized spacial score (nSPS) is 11.4. The van der Waals surface area contributed by atoms with Crippen LogP contribution >= 0.6 is 23.4 Å². The van der Waals surface area contributed by atoms with Crippen molar-refractivity contribution in [1.82, 2.24) is 19.3 Å². The van der Waals surface area contributed by atoms with Gasteiger partial charge in [-0.05, 0) is 64.4 Å². The molecule has 0 fully saturated rings. The van der Waals surface area contributed by atoms with Gasteiger partial charge in [0.05, 0.1) is 45.5 Å². The lowest BCUT2D eigenvalue weighted by Gasteiger charge is -2.14. The molecule has 4 aromatic rings. The second kappa shape index (κ2) is 11.9. The average Bonchev–Trinajstić information content (AvgIpc) is 3.15. The predicted molar refractivity (Wildman–Crippen MR) is 149 cm³/mol. The number of carbonyl (C=O) groups is 1. The zero-order valence-corrected chi connectivity index (χ0v) is 22.9. The first-order valence-corrected chi connectivity index (χ1v) is 13.5. The summed E-state index contributed by atoms with van der Waals surface area (Å²) >= 11 is 7.36. The molecule has 0 radical (unpaired) electrons. The van der Waals surface area contributed by atoms with E-state index in [0.717, 1.165) is 17.1 Å². The molecule has 0 aliphatic carbocycles. The van der Waals surface area contributed by atoms with Crippen molar-refractivity contribution in [1.29, 1.82) is 0 Å². The van der Waals surface area contributed by atoms with Crippen molar-refractivity contribution in [2.75, 3.05) is 17.7 Å². The first kappa shape index (κ1) is 26.9. The van der Waals surface area contributed by atoms with E-state index in [2.05, 4.69) is 15.4 Å². The molecule has 1 amide bonds. The largest absolute Gasteiger partial charge is 0.379 e. The Morgan fingerprint density at radius 1 is 1.16 bits per heavy atom. The smallest absolute Gasteiger partial charge is 0.262 e. The highest BCUT2D eigenvalue weighted by Crippen LogP contribution is 2.24. The number of nitrogens with zero attached hydrogens (tertiary/aromatic N) is 4. The Balaban J connectivity index is 1.53. The van der Waals surface area contributed by atoms with E-state index in [0.29, 0.717) is 46.3 Å². The van der Waals surface area contributed by atoms with Crippen LogP contribution in [-0.2, 0) is 16.1 Å². The fourth-order valence-corrected chi connectivity index (χ4v) is 4.96. The minimum atomic E-state index is -0.209. The third kappa shape index (κ3) is 6.41. The highest BCUT2D eigenvalue weighted by molar-refractivity contribution is 7.99. The Morgan fingerprint density at radius 2 is 1.92 bits per heavy atom. The number of carbonyl (C=O) groups excluding carboxylic acids is 1. The number of amides is 1. The third-order valence-electron chi connectivity index (χ3n) is 5.75. The summed E-state index contributed by atoms with van der Waals surface area (Å²) in [5.74, 6) is -0.130. The molecule has 0 saturated heterocycles. The molecule has 194 valence electrons. The Kier molecular flexibility index (Phi) is 8.68. The number of halogens is 1. The number of benzene rings is 2. The Bertz CT molecular complexity index is 1470. The SMILES string of the molecule is Cc1nn(-c2ccccc2)c(C)c1NC(=O)CSc1nc2cc(Cl)ccc2c(=O)n1CCCOC(C)C. The third-order valence-corrected chi connectivity index (χ3v) is 6.96. The predicted octanol–water partition coefficient (Wildman–Crippen LogP) is 5.40. The van der Waals surface area contributed by atoms with Crippen LogP contribution in [0.15, 0.2) is 58.5 Å². The number of ether oxygens (including phenoxy) is 1. The molecule has 1 N–H and O–H groups in total. The van der Waals surface area contributed by atoms with Gasteiger partial charge in [0.2, 0.25) is 5.91 Å².